The molecule has 1 aliphatic rings. The predicted molar refractivity (Wildman–Crippen MR) is 84.5 cm³/mol. The van der Waals surface area contributed by atoms with Crippen LogP contribution in [0.3, 0.4) is 0 Å². The fourth-order valence-electron chi connectivity index (χ4n) is 3.22. The molecule has 3 rings (SSSR count). The van der Waals surface area contributed by atoms with E-state index >= 15 is 0 Å². The predicted octanol–water partition coefficient (Wildman–Crippen LogP) is 2.48. The van der Waals surface area contributed by atoms with Crippen molar-refractivity contribution in [3.63, 3.8) is 0 Å². The van der Waals surface area contributed by atoms with Gasteiger partial charge in [0.2, 0.25) is 5.91 Å². The maximum atomic E-state index is 14.3. The molecule has 0 spiro atoms. The van der Waals surface area contributed by atoms with Crippen LogP contribution in [-0.4, -0.2) is 30.8 Å². The van der Waals surface area contributed by atoms with E-state index in [4.69, 9.17) is 0 Å². The van der Waals surface area contributed by atoms with Gasteiger partial charge in [-0.05, 0) is 17.7 Å². The van der Waals surface area contributed by atoms with Gasteiger partial charge in [-0.25, -0.2) is 4.39 Å². The van der Waals surface area contributed by atoms with E-state index in [1.165, 1.54) is 11.0 Å². The largest absolute Gasteiger partial charge is 0.359 e. The minimum Gasteiger partial charge on any atom is -0.359 e. The first kappa shape index (κ1) is 15.2. The number of nitrogens with one attached hydrogen (secondary N) is 1. The van der Waals surface area contributed by atoms with E-state index in [0.29, 0.717) is 16.7 Å². The number of hydrogen-bond acceptors (Lipinski definition) is 2. The van der Waals surface area contributed by atoms with Crippen LogP contribution >= 0.6 is 0 Å². The fraction of sp³-hybridized carbons (Fsp3) is 0.222. The van der Waals surface area contributed by atoms with Gasteiger partial charge in [-0.3, -0.25) is 9.59 Å². The average Bonchev–Trinajstić information content (AvgIpc) is 2.58. The third-order valence-electron chi connectivity index (χ3n) is 4.33. The van der Waals surface area contributed by atoms with E-state index < -0.39 is 17.8 Å². The third kappa shape index (κ3) is 2.38. The molecule has 1 heterocycles. The Morgan fingerprint density at radius 1 is 1.09 bits per heavy atom. The highest BCUT2D eigenvalue weighted by molar-refractivity contribution is 6.01. The lowest BCUT2D eigenvalue weighted by molar-refractivity contribution is -0.123. The molecule has 23 heavy (non-hydrogen) atoms. The van der Waals surface area contributed by atoms with Gasteiger partial charge in [0.05, 0.1) is 12.0 Å². The van der Waals surface area contributed by atoms with Gasteiger partial charge < -0.3 is 10.2 Å². The van der Waals surface area contributed by atoms with Crippen molar-refractivity contribution >= 4 is 11.8 Å². The number of rotatable bonds is 2. The first-order valence-electron chi connectivity index (χ1n) is 7.38. The minimum absolute atomic E-state index is 0.214. The van der Waals surface area contributed by atoms with Crippen LogP contribution in [0.15, 0.2) is 48.5 Å². The lowest BCUT2D eigenvalue weighted by Crippen LogP contribution is -2.45. The molecule has 0 aromatic heterocycles. The summed E-state index contributed by atoms with van der Waals surface area (Å²) in [6.45, 7) is 0. The number of fused-ring (bicyclic) bond motifs is 1. The number of carbonyl (C=O) groups excluding carboxylic acids is 2. The Balaban J connectivity index is 2.23. The third-order valence-corrected chi connectivity index (χ3v) is 4.33. The Labute approximate surface area is 133 Å². The smallest absolute Gasteiger partial charge is 0.254 e. The zero-order valence-electron chi connectivity index (χ0n) is 12.9. The summed E-state index contributed by atoms with van der Waals surface area (Å²) < 4.78 is 14.3. The van der Waals surface area contributed by atoms with Crippen LogP contribution in [-0.2, 0) is 4.79 Å². The summed E-state index contributed by atoms with van der Waals surface area (Å²) in [4.78, 5) is 26.6. The van der Waals surface area contributed by atoms with Crippen molar-refractivity contribution < 1.29 is 14.0 Å². The van der Waals surface area contributed by atoms with E-state index in [1.54, 1.807) is 56.6 Å². The molecule has 5 heteroatoms. The highest BCUT2D eigenvalue weighted by Crippen LogP contribution is 2.42. The van der Waals surface area contributed by atoms with Crippen molar-refractivity contribution in [1.29, 1.82) is 0 Å². The molecule has 4 nitrogen and oxygen atoms in total. The van der Waals surface area contributed by atoms with Crippen molar-refractivity contribution in [2.45, 2.75) is 12.0 Å². The molecule has 1 N–H and O–H groups in total. The molecule has 0 bridgehead atoms. The summed E-state index contributed by atoms with van der Waals surface area (Å²) in [7, 11) is 3.14. The quantitative estimate of drug-likeness (QED) is 0.926. The average molecular weight is 312 g/mol. The topological polar surface area (TPSA) is 49.4 Å². The Morgan fingerprint density at radius 2 is 1.70 bits per heavy atom. The van der Waals surface area contributed by atoms with Gasteiger partial charge in [-0.1, -0.05) is 36.4 Å². The maximum Gasteiger partial charge on any atom is 0.254 e. The number of benzene rings is 2. The second-order valence-corrected chi connectivity index (χ2v) is 5.56. The van der Waals surface area contributed by atoms with E-state index in [9.17, 15) is 14.0 Å². The molecule has 0 saturated carbocycles. The Kier molecular flexibility index (Phi) is 3.86. The molecule has 0 radical (unpaired) electrons. The molecular formula is C18H17FN2O2. The van der Waals surface area contributed by atoms with Crippen LogP contribution in [0.2, 0.25) is 0 Å². The van der Waals surface area contributed by atoms with Crippen molar-refractivity contribution in [3.8, 4) is 0 Å². The molecule has 118 valence electrons. The van der Waals surface area contributed by atoms with Crippen LogP contribution in [0.4, 0.5) is 4.39 Å². The molecule has 0 aliphatic carbocycles. The Morgan fingerprint density at radius 3 is 2.35 bits per heavy atom. The minimum atomic E-state index is -0.682. The van der Waals surface area contributed by atoms with Crippen molar-refractivity contribution in [2.24, 2.45) is 0 Å². The van der Waals surface area contributed by atoms with Crippen LogP contribution < -0.4 is 5.32 Å². The van der Waals surface area contributed by atoms with E-state index in [-0.39, 0.29) is 11.8 Å². The molecule has 1 aliphatic heterocycles. The molecule has 2 aromatic rings. The number of likely N-dealkylation sites (N-methyl/N-ethyl adjacent to an activating group) is 2. The van der Waals surface area contributed by atoms with Gasteiger partial charge in [-0.15, -0.1) is 0 Å². The summed E-state index contributed by atoms with van der Waals surface area (Å²) in [5, 5.41) is 2.63. The second-order valence-electron chi connectivity index (χ2n) is 5.56. The fourth-order valence-corrected chi connectivity index (χ4v) is 3.22. The maximum absolute atomic E-state index is 14.3. The number of nitrogens with zero attached hydrogens (tertiary/aromatic N) is 1. The van der Waals surface area contributed by atoms with Gasteiger partial charge in [0.1, 0.15) is 5.82 Å². The summed E-state index contributed by atoms with van der Waals surface area (Å²) in [5.41, 5.74) is 1.45. The number of halogens is 1. The van der Waals surface area contributed by atoms with E-state index in [2.05, 4.69) is 5.32 Å². The van der Waals surface area contributed by atoms with Crippen molar-refractivity contribution in [2.75, 3.05) is 14.1 Å². The normalized spacial score (nSPS) is 20.1. The molecule has 2 aromatic carbocycles. The van der Waals surface area contributed by atoms with E-state index in [1.807, 2.05) is 0 Å². The molecule has 0 unspecified atom stereocenters. The van der Waals surface area contributed by atoms with Gasteiger partial charge in [0.25, 0.3) is 5.91 Å². The molecular weight excluding hydrogens is 295 g/mol. The van der Waals surface area contributed by atoms with Gasteiger partial charge in [0, 0.05) is 25.2 Å². The summed E-state index contributed by atoms with van der Waals surface area (Å²) >= 11 is 0. The highest BCUT2D eigenvalue weighted by Gasteiger charge is 2.43. The highest BCUT2D eigenvalue weighted by atomic mass is 19.1. The molecule has 2 atom stereocenters. The Hall–Kier alpha value is -2.69. The number of carbonyl (C=O) groups is 2. The zero-order valence-corrected chi connectivity index (χ0v) is 12.9. The number of amides is 2. The Bertz CT molecular complexity index is 775. The van der Waals surface area contributed by atoms with Crippen LogP contribution in [0, 0.1) is 5.82 Å². The molecule has 0 fully saturated rings. The molecule has 2 amide bonds. The summed E-state index contributed by atoms with van der Waals surface area (Å²) in [6, 6.07) is 12.6. The SMILES string of the molecule is CNC(=O)[C@@H]1c2ccccc2C(=O)N(C)[C@H]1c1ccccc1F. The first-order valence-corrected chi connectivity index (χ1v) is 7.38. The summed E-state index contributed by atoms with van der Waals surface area (Å²) in [5.74, 6) is -1.54. The lowest BCUT2D eigenvalue weighted by atomic mass is 9.79. The van der Waals surface area contributed by atoms with Crippen LogP contribution in [0.5, 0.6) is 0 Å². The molecule has 0 saturated heterocycles. The number of hydrogen-bond donors (Lipinski definition) is 1. The monoisotopic (exact) mass is 312 g/mol. The lowest BCUT2D eigenvalue weighted by Gasteiger charge is -2.39. The van der Waals surface area contributed by atoms with Gasteiger partial charge in [0.15, 0.2) is 0 Å². The van der Waals surface area contributed by atoms with Crippen molar-refractivity contribution in [3.05, 3.63) is 71.0 Å². The standard InChI is InChI=1S/C18H17FN2O2/c1-20-17(22)15-11-7-3-4-8-12(11)18(23)21(2)16(15)13-9-5-6-10-14(13)19/h3-10,15-16H,1-2H3,(H,20,22)/t15-,16+/m1/s1. The van der Waals surface area contributed by atoms with Crippen molar-refractivity contribution in [1.82, 2.24) is 10.2 Å². The summed E-state index contributed by atoms with van der Waals surface area (Å²) in [6.07, 6.45) is 0. The van der Waals surface area contributed by atoms with Crippen LogP contribution in [0.1, 0.15) is 33.4 Å². The first-order chi connectivity index (χ1) is 11.1. The van der Waals surface area contributed by atoms with E-state index in [0.717, 1.165) is 0 Å². The van der Waals surface area contributed by atoms with Crippen LogP contribution in [0.25, 0.3) is 0 Å². The zero-order chi connectivity index (χ0) is 16.6. The second kappa shape index (κ2) is 5.83. The van der Waals surface area contributed by atoms with Gasteiger partial charge in [-0.2, -0.15) is 0 Å². The van der Waals surface area contributed by atoms with Gasteiger partial charge >= 0.3 is 0 Å².